The molecule has 0 unspecified atom stereocenters. The van der Waals surface area contributed by atoms with Crippen LogP contribution in [0.5, 0.6) is 5.75 Å². The SMILES string of the molecule is COc1ccc(N2CCN(c3nnc(Cc4ccccc4)c(=O)[nH]3)CC2)cc1. The fourth-order valence-electron chi connectivity index (χ4n) is 3.37. The normalized spacial score (nSPS) is 14.2. The van der Waals surface area contributed by atoms with E-state index in [4.69, 9.17) is 4.74 Å². The van der Waals surface area contributed by atoms with E-state index in [-0.39, 0.29) is 5.56 Å². The maximum Gasteiger partial charge on any atom is 0.274 e. The Labute approximate surface area is 163 Å². The predicted octanol–water partition coefficient (Wildman–Crippen LogP) is 2.09. The lowest BCUT2D eigenvalue weighted by Gasteiger charge is -2.36. The molecule has 0 spiro atoms. The van der Waals surface area contributed by atoms with Crippen LogP contribution in [-0.4, -0.2) is 48.5 Å². The molecule has 1 fully saturated rings. The monoisotopic (exact) mass is 377 g/mol. The lowest BCUT2D eigenvalue weighted by atomic mass is 10.1. The molecule has 2 heterocycles. The number of hydrogen-bond acceptors (Lipinski definition) is 6. The van der Waals surface area contributed by atoms with Crippen molar-refractivity contribution in [3.8, 4) is 5.75 Å². The topological polar surface area (TPSA) is 74.3 Å². The Morgan fingerprint density at radius 3 is 2.25 bits per heavy atom. The van der Waals surface area contributed by atoms with Crippen LogP contribution in [0.25, 0.3) is 0 Å². The summed E-state index contributed by atoms with van der Waals surface area (Å²) in [7, 11) is 1.67. The molecule has 144 valence electrons. The van der Waals surface area contributed by atoms with Gasteiger partial charge >= 0.3 is 0 Å². The first kappa shape index (κ1) is 18.0. The van der Waals surface area contributed by atoms with Gasteiger partial charge in [0.25, 0.3) is 5.56 Å². The van der Waals surface area contributed by atoms with Crippen LogP contribution in [0.3, 0.4) is 0 Å². The number of H-pyrrole nitrogens is 1. The minimum absolute atomic E-state index is 0.175. The van der Waals surface area contributed by atoms with Gasteiger partial charge < -0.3 is 14.5 Å². The summed E-state index contributed by atoms with van der Waals surface area (Å²) in [5.74, 6) is 1.39. The van der Waals surface area contributed by atoms with Crippen molar-refractivity contribution in [2.45, 2.75) is 6.42 Å². The molecule has 0 atom stereocenters. The average molecular weight is 377 g/mol. The van der Waals surface area contributed by atoms with Crippen LogP contribution in [0.2, 0.25) is 0 Å². The van der Waals surface area contributed by atoms with Crippen LogP contribution >= 0.6 is 0 Å². The maximum atomic E-state index is 12.4. The third-order valence-electron chi connectivity index (χ3n) is 4.98. The van der Waals surface area contributed by atoms with Crippen molar-refractivity contribution in [3.63, 3.8) is 0 Å². The fraction of sp³-hybridized carbons (Fsp3) is 0.286. The largest absolute Gasteiger partial charge is 0.497 e. The number of benzene rings is 2. The summed E-state index contributed by atoms with van der Waals surface area (Å²) < 4.78 is 5.21. The molecule has 0 radical (unpaired) electrons. The van der Waals surface area contributed by atoms with E-state index in [1.807, 2.05) is 42.5 Å². The van der Waals surface area contributed by atoms with Crippen molar-refractivity contribution < 1.29 is 4.74 Å². The summed E-state index contributed by atoms with van der Waals surface area (Å²) in [4.78, 5) is 19.7. The number of hydrogen-bond donors (Lipinski definition) is 1. The third kappa shape index (κ3) is 3.98. The zero-order chi connectivity index (χ0) is 19.3. The van der Waals surface area contributed by atoms with Crippen molar-refractivity contribution in [1.82, 2.24) is 15.2 Å². The van der Waals surface area contributed by atoms with Gasteiger partial charge in [-0.25, -0.2) is 0 Å². The quantitative estimate of drug-likeness (QED) is 0.734. The third-order valence-corrected chi connectivity index (χ3v) is 4.98. The van der Waals surface area contributed by atoms with E-state index < -0.39 is 0 Å². The summed E-state index contributed by atoms with van der Waals surface area (Å²) in [6.45, 7) is 3.24. The molecule has 1 aliphatic heterocycles. The van der Waals surface area contributed by atoms with Gasteiger partial charge in [-0.15, -0.1) is 10.2 Å². The molecular weight excluding hydrogens is 354 g/mol. The predicted molar refractivity (Wildman–Crippen MR) is 109 cm³/mol. The Morgan fingerprint density at radius 2 is 1.61 bits per heavy atom. The second-order valence-electron chi connectivity index (χ2n) is 6.76. The molecule has 2 aromatic carbocycles. The molecule has 0 amide bonds. The summed E-state index contributed by atoms with van der Waals surface area (Å²) in [6, 6.07) is 17.9. The highest BCUT2D eigenvalue weighted by Crippen LogP contribution is 2.21. The number of nitrogens with zero attached hydrogens (tertiary/aromatic N) is 4. The van der Waals surface area contributed by atoms with Gasteiger partial charge in [-0.05, 0) is 29.8 Å². The summed E-state index contributed by atoms with van der Waals surface area (Å²) in [6.07, 6.45) is 0.481. The van der Waals surface area contributed by atoms with E-state index in [2.05, 4.69) is 37.1 Å². The molecule has 1 aromatic heterocycles. The van der Waals surface area contributed by atoms with E-state index in [1.165, 1.54) is 5.69 Å². The number of anilines is 2. The summed E-state index contributed by atoms with van der Waals surface area (Å²) >= 11 is 0. The fourth-order valence-corrected chi connectivity index (χ4v) is 3.37. The smallest absolute Gasteiger partial charge is 0.274 e. The van der Waals surface area contributed by atoms with Crippen LogP contribution in [0, 0.1) is 0 Å². The standard InChI is InChI=1S/C21H23N5O2/c1-28-18-9-7-17(8-10-18)25-11-13-26(14-12-25)21-22-20(27)19(23-24-21)15-16-5-3-2-4-6-16/h2-10H,11-15H2,1H3,(H,22,24,27). The highest BCUT2D eigenvalue weighted by molar-refractivity contribution is 5.50. The molecule has 0 aliphatic carbocycles. The van der Waals surface area contributed by atoms with E-state index in [0.717, 1.165) is 37.5 Å². The minimum atomic E-state index is -0.175. The van der Waals surface area contributed by atoms with Gasteiger partial charge in [0.15, 0.2) is 0 Å². The van der Waals surface area contributed by atoms with Crippen molar-refractivity contribution in [2.24, 2.45) is 0 Å². The number of rotatable bonds is 5. The van der Waals surface area contributed by atoms with E-state index in [0.29, 0.717) is 18.1 Å². The van der Waals surface area contributed by atoms with Crippen LogP contribution in [0.15, 0.2) is 59.4 Å². The highest BCUT2D eigenvalue weighted by Gasteiger charge is 2.20. The van der Waals surface area contributed by atoms with Crippen LogP contribution in [0.1, 0.15) is 11.3 Å². The van der Waals surface area contributed by atoms with Crippen molar-refractivity contribution in [1.29, 1.82) is 0 Å². The summed E-state index contributed by atoms with van der Waals surface area (Å²) in [5.41, 5.74) is 2.47. The number of aromatic nitrogens is 3. The molecule has 1 saturated heterocycles. The number of methoxy groups -OCH3 is 1. The Morgan fingerprint density at radius 1 is 0.929 bits per heavy atom. The van der Waals surface area contributed by atoms with Crippen LogP contribution in [-0.2, 0) is 6.42 Å². The second-order valence-corrected chi connectivity index (χ2v) is 6.76. The molecule has 1 N–H and O–H groups in total. The molecule has 7 heteroatoms. The van der Waals surface area contributed by atoms with Crippen LogP contribution < -0.4 is 20.1 Å². The minimum Gasteiger partial charge on any atom is -0.497 e. The number of nitrogens with one attached hydrogen (secondary N) is 1. The molecule has 1 aliphatic rings. The van der Waals surface area contributed by atoms with Gasteiger partial charge in [-0.2, -0.15) is 0 Å². The van der Waals surface area contributed by atoms with Crippen LogP contribution in [0.4, 0.5) is 11.6 Å². The van der Waals surface area contributed by atoms with Crippen molar-refractivity contribution in [3.05, 3.63) is 76.2 Å². The molecular formula is C21H23N5O2. The summed E-state index contributed by atoms with van der Waals surface area (Å²) in [5, 5.41) is 8.45. The van der Waals surface area contributed by atoms with E-state index >= 15 is 0 Å². The number of piperazine rings is 1. The van der Waals surface area contributed by atoms with Gasteiger partial charge in [-0.1, -0.05) is 30.3 Å². The van der Waals surface area contributed by atoms with Gasteiger partial charge in [0.2, 0.25) is 5.95 Å². The van der Waals surface area contributed by atoms with Gasteiger partial charge in [0, 0.05) is 38.3 Å². The average Bonchev–Trinajstić information content (AvgIpc) is 2.76. The second kappa shape index (κ2) is 8.12. The lowest BCUT2D eigenvalue weighted by molar-refractivity contribution is 0.415. The molecule has 0 bridgehead atoms. The Balaban J connectivity index is 1.40. The molecule has 28 heavy (non-hydrogen) atoms. The first-order valence-corrected chi connectivity index (χ1v) is 9.36. The van der Waals surface area contributed by atoms with E-state index in [9.17, 15) is 4.79 Å². The van der Waals surface area contributed by atoms with Gasteiger partial charge in [-0.3, -0.25) is 9.78 Å². The molecule has 4 rings (SSSR count). The first-order valence-electron chi connectivity index (χ1n) is 9.36. The Kier molecular flexibility index (Phi) is 5.23. The highest BCUT2D eigenvalue weighted by atomic mass is 16.5. The van der Waals surface area contributed by atoms with E-state index in [1.54, 1.807) is 7.11 Å². The zero-order valence-corrected chi connectivity index (χ0v) is 15.8. The molecule has 3 aromatic rings. The van der Waals surface area contributed by atoms with Crippen molar-refractivity contribution >= 4 is 11.6 Å². The van der Waals surface area contributed by atoms with Gasteiger partial charge in [0.1, 0.15) is 11.4 Å². The Hall–Kier alpha value is -3.35. The lowest BCUT2D eigenvalue weighted by Crippen LogP contribution is -2.47. The molecule has 7 nitrogen and oxygen atoms in total. The van der Waals surface area contributed by atoms with Gasteiger partial charge in [0.05, 0.1) is 7.11 Å². The Bertz CT molecular complexity index is 964. The zero-order valence-electron chi connectivity index (χ0n) is 15.8. The van der Waals surface area contributed by atoms with Crippen molar-refractivity contribution in [2.75, 3.05) is 43.1 Å². The first-order chi connectivity index (χ1) is 13.7. The number of ether oxygens (including phenoxy) is 1. The molecule has 0 saturated carbocycles. The number of aromatic amines is 1. The maximum absolute atomic E-state index is 12.4.